The summed E-state index contributed by atoms with van der Waals surface area (Å²) in [5.41, 5.74) is 0.346. The van der Waals surface area contributed by atoms with Crippen molar-refractivity contribution in [2.45, 2.75) is 55.6 Å². The molecule has 2 fully saturated rings. The molecule has 118 valence electrons. The maximum atomic E-state index is 14.0. The third kappa shape index (κ3) is 3.39. The Morgan fingerprint density at radius 3 is 2.48 bits per heavy atom. The Morgan fingerprint density at radius 1 is 1.24 bits per heavy atom. The fourth-order valence-electron chi connectivity index (χ4n) is 3.26. The summed E-state index contributed by atoms with van der Waals surface area (Å²) >= 11 is 0. The highest BCUT2D eigenvalue weighted by Gasteiger charge is 2.35. The maximum absolute atomic E-state index is 14.0. The van der Waals surface area contributed by atoms with Crippen LogP contribution in [0.15, 0.2) is 23.1 Å². The van der Waals surface area contributed by atoms with Gasteiger partial charge in [0.15, 0.2) is 0 Å². The lowest BCUT2D eigenvalue weighted by molar-refractivity contribution is 0.345. The van der Waals surface area contributed by atoms with Crippen molar-refractivity contribution in [2.24, 2.45) is 0 Å². The van der Waals surface area contributed by atoms with Gasteiger partial charge in [0.1, 0.15) is 10.7 Å². The van der Waals surface area contributed by atoms with Crippen molar-refractivity contribution < 1.29 is 12.8 Å². The molecule has 2 bridgehead atoms. The van der Waals surface area contributed by atoms with Crippen LogP contribution in [0.25, 0.3) is 0 Å². The van der Waals surface area contributed by atoms with Gasteiger partial charge < -0.3 is 5.32 Å². The van der Waals surface area contributed by atoms with Crippen LogP contribution in [0.5, 0.6) is 0 Å². The summed E-state index contributed by atoms with van der Waals surface area (Å²) < 4.78 is 41.3. The van der Waals surface area contributed by atoms with Crippen molar-refractivity contribution in [3.8, 4) is 0 Å². The van der Waals surface area contributed by atoms with Gasteiger partial charge in [0.2, 0.25) is 10.0 Å². The SMILES string of the molecule is Cc1cccc(S(=O)(=O)NC2CC3CCC(C2)N3)c1F.Cl. The smallest absolute Gasteiger partial charge is 0.243 e. The van der Waals surface area contributed by atoms with Gasteiger partial charge in [0, 0.05) is 18.1 Å². The molecule has 0 spiro atoms. The van der Waals surface area contributed by atoms with Gasteiger partial charge in [-0.25, -0.2) is 17.5 Å². The minimum absolute atomic E-state index is 0. The van der Waals surface area contributed by atoms with Crippen LogP contribution in [-0.4, -0.2) is 26.5 Å². The third-order valence-electron chi connectivity index (χ3n) is 4.24. The first-order valence-corrected chi connectivity index (χ1v) is 8.47. The number of hydrogen-bond acceptors (Lipinski definition) is 3. The zero-order valence-corrected chi connectivity index (χ0v) is 13.4. The van der Waals surface area contributed by atoms with E-state index in [9.17, 15) is 12.8 Å². The van der Waals surface area contributed by atoms with Crippen LogP contribution < -0.4 is 10.0 Å². The highest BCUT2D eigenvalue weighted by atomic mass is 35.5. The number of rotatable bonds is 3. The minimum atomic E-state index is -3.78. The quantitative estimate of drug-likeness (QED) is 0.890. The Labute approximate surface area is 131 Å². The second kappa shape index (κ2) is 6.20. The molecule has 0 aromatic heterocycles. The summed E-state index contributed by atoms with van der Waals surface area (Å²) in [6.07, 6.45) is 3.76. The fraction of sp³-hybridized carbons (Fsp3) is 0.571. The Kier molecular flexibility index (Phi) is 4.92. The molecule has 2 N–H and O–H groups in total. The predicted molar refractivity (Wildman–Crippen MR) is 81.7 cm³/mol. The Balaban J connectivity index is 0.00000161. The molecule has 7 heteroatoms. The van der Waals surface area contributed by atoms with E-state index in [4.69, 9.17) is 0 Å². The van der Waals surface area contributed by atoms with Crippen molar-refractivity contribution in [3.63, 3.8) is 0 Å². The Hall–Kier alpha value is -0.690. The van der Waals surface area contributed by atoms with Crippen LogP contribution in [0, 0.1) is 12.7 Å². The maximum Gasteiger partial charge on any atom is 0.243 e. The Morgan fingerprint density at radius 2 is 1.86 bits per heavy atom. The van der Waals surface area contributed by atoms with E-state index < -0.39 is 15.8 Å². The van der Waals surface area contributed by atoms with Crippen LogP contribution in [0.1, 0.15) is 31.2 Å². The average Bonchev–Trinajstić information content (AvgIpc) is 2.71. The highest BCUT2D eigenvalue weighted by molar-refractivity contribution is 7.89. The number of benzene rings is 1. The van der Waals surface area contributed by atoms with Crippen LogP contribution >= 0.6 is 12.4 Å². The molecule has 2 saturated heterocycles. The molecular formula is C14H20ClFN2O2S. The zero-order chi connectivity index (χ0) is 14.3. The molecule has 3 rings (SSSR count). The molecule has 0 saturated carbocycles. The van der Waals surface area contributed by atoms with Gasteiger partial charge in [0.25, 0.3) is 0 Å². The molecule has 2 aliphatic rings. The van der Waals surface area contributed by atoms with E-state index in [1.807, 2.05) is 0 Å². The van der Waals surface area contributed by atoms with Gasteiger partial charge in [-0.1, -0.05) is 12.1 Å². The van der Waals surface area contributed by atoms with Gasteiger partial charge in [-0.05, 0) is 44.2 Å². The lowest BCUT2D eigenvalue weighted by Gasteiger charge is -2.29. The molecular weight excluding hydrogens is 315 g/mol. The summed E-state index contributed by atoms with van der Waals surface area (Å²) in [4.78, 5) is -0.247. The minimum Gasteiger partial charge on any atom is -0.311 e. The molecule has 4 nitrogen and oxygen atoms in total. The first kappa shape index (κ1) is 16.7. The summed E-state index contributed by atoms with van der Waals surface area (Å²) in [5, 5.41) is 3.46. The summed E-state index contributed by atoms with van der Waals surface area (Å²) in [6.45, 7) is 1.57. The van der Waals surface area contributed by atoms with Crippen molar-refractivity contribution in [3.05, 3.63) is 29.6 Å². The van der Waals surface area contributed by atoms with E-state index in [1.54, 1.807) is 19.1 Å². The molecule has 2 atom stereocenters. The molecule has 2 unspecified atom stereocenters. The third-order valence-corrected chi connectivity index (χ3v) is 5.78. The largest absolute Gasteiger partial charge is 0.311 e. The van der Waals surface area contributed by atoms with E-state index in [1.165, 1.54) is 6.07 Å². The summed E-state index contributed by atoms with van der Waals surface area (Å²) in [5.74, 6) is -0.656. The molecule has 1 aromatic carbocycles. The second-order valence-corrected chi connectivity index (χ2v) is 7.50. The molecule has 0 amide bonds. The van der Waals surface area contributed by atoms with Crippen molar-refractivity contribution in [1.82, 2.24) is 10.0 Å². The zero-order valence-electron chi connectivity index (χ0n) is 11.8. The summed E-state index contributed by atoms with van der Waals surface area (Å²) in [7, 11) is -3.78. The molecule has 2 aliphatic heterocycles. The number of piperidine rings is 1. The van der Waals surface area contributed by atoms with Gasteiger partial charge in [-0.3, -0.25) is 0 Å². The van der Waals surface area contributed by atoms with Gasteiger partial charge in [-0.2, -0.15) is 0 Å². The van der Waals surface area contributed by atoms with Crippen LogP contribution in [0.4, 0.5) is 4.39 Å². The number of sulfonamides is 1. The van der Waals surface area contributed by atoms with Gasteiger partial charge in [-0.15, -0.1) is 12.4 Å². The monoisotopic (exact) mass is 334 g/mol. The first-order chi connectivity index (χ1) is 9.45. The molecule has 0 radical (unpaired) electrons. The highest BCUT2D eigenvalue weighted by Crippen LogP contribution is 2.28. The number of hydrogen-bond donors (Lipinski definition) is 2. The van der Waals surface area contributed by atoms with Crippen LogP contribution in [0.3, 0.4) is 0 Å². The first-order valence-electron chi connectivity index (χ1n) is 6.99. The lowest BCUT2D eigenvalue weighted by atomic mass is 10.0. The number of nitrogens with one attached hydrogen (secondary N) is 2. The van der Waals surface area contributed by atoms with Crippen molar-refractivity contribution in [2.75, 3.05) is 0 Å². The van der Waals surface area contributed by atoms with E-state index in [-0.39, 0.29) is 23.3 Å². The van der Waals surface area contributed by atoms with E-state index in [2.05, 4.69) is 10.0 Å². The predicted octanol–water partition coefficient (Wildman–Crippen LogP) is 2.12. The van der Waals surface area contributed by atoms with E-state index in [0.717, 1.165) is 25.7 Å². The molecule has 2 heterocycles. The standard InChI is InChI=1S/C14H19FN2O2S.ClH/c1-9-3-2-4-13(14(9)15)20(18,19)17-12-7-10-5-6-11(8-12)16-10;/h2-4,10-12,16-17H,5-8H2,1H3;1H. The fourth-order valence-corrected chi connectivity index (χ4v) is 4.68. The van der Waals surface area contributed by atoms with Crippen LogP contribution in [0.2, 0.25) is 0 Å². The lowest BCUT2D eigenvalue weighted by Crippen LogP contribution is -2.48. The van der Waals surface area contributed by atoms with E-state index in [0.29, 0.717) is 17.6 Å². The Bertz CT molecular complexity index is 611. The summed E-state index contributed by atoms with van der Waals surface area (Å²) in [6, 6.07) is 5.14. The van der Waals surface area contributed by atoms with Gasteiger partial charge >= 0.3 is 0 Å². The van der Waals surface area contributed by atoms with Crippen LogP contribution in [-0.2, 0) is 10.0 Å². The average molecular weight is 335 g/mol. The molecule has 1 aromatic rings. The topological polar surface area (TPSA) is 58.2 Å². The van der Waals surface area contributed by atoms with Crippen molar-refractivity contribution >= 4 is 22.4 Å². The van der Waals surface area contributed by atoms with Gasteiger partial charge in [0.05, 0.1) is 0 Å². The number of fused-ring (bicyclic) bond motifs is 2. The van der Waals surface area contributed by atoms with Crippen molar-refractivity contribution in [1.29, 1.82) is 0 Å². The number of halogens is 2. The molecule has 0 aliphatic carbocycles. The van der Waals surface area contributed by atoms with E-state index >= 15 is 0 Å². The normalized spacial score (nSPS) is 28.2. The second-order valence-electron chi connectivity index (χ2n) is 5.81. The number of aryl methyl sites for hydroxylation is 1. The molecule has 21 heavy (non-hydrogen) atoms.